The number of hydrogen-bond acceptors (Lipinski definition) is 3. The Morgan fingerprint density at radius 2 is 2.08 bits per heavy atom. The third kappa shape index (κ3) is 5.98. The van der Waals surface area contributed by atoms with E-state index in [9.17, 15) is 10.2 Å². The van der Waals surface area contributed by atoms with Gasteiger partial charge in [0, 0.05) is 12.3 Å². The summed E-state index contributed by atoms with van der Waals surface area (Å²) in [5.41, 5.74) is 7.12. The topological polar surface area (TPSA) is 66.5 Å². The van der Waals surface area contributed by atoms with Gasteiger partial charge in [0.05, 0.1) is 12.2 Å². The van der Waals surface area contributed by atoms with Crippen LogP contribution in [0.15, 0.2) is 23.8 Å². The van der Waals surface area contributed by atoms with Crippen molar-refractivity contribution in [1.82, 2.24) is 0 Å². The average Bonchev–Trinajstić information content (AvgIpc) is 3.13. The number of nitrogens with two attached hydrogens (primary N) is 1. The van der Waals surface area contributed by atoms with Crippen molar-refractivity contribution in [3.8, 4) is 11.8 Å². The summed E-state index contributed by atoms with van der Waals surface area (Å²) < 4.78 is 0. The predicted molar refractivity (Wildman–Crippen MR) is 108 cm³/mol. The molecular weight excluding hydrogens is 322 g/mol. The van der Waals surface area contributed by atoms with E-state index in [1.165, 1.54) is 12.8 Å². The molecule has 0 heterocycles. The number of unbranched alkanes of at least 4 members (excludes halogenated alkanes) is 3. The van der Waals surface area contributed by atoms with E-state index in [0.29, 0.717) is 18.3 Å². The maximum atomic E-state index is 10.5. The quantitative estimate of drug-likeness (QED) is 0.333. The Hall–Kier alpha value is -1.08. The lowest BCUT2D eigenvalue weighted by atomic mass is 9.89. The number of aliphatic hydroxyl groups excluding tert-OH is 2. The summed E-state index contributed by atoms with van der Waals surface area (Å²) in [6.45, 7) is 4.64. The summed E-state index contributed by atoms with van der Waals surface area (Å²) >= 11 is 0. The standard InChI is InChI=1S/C23H37NO2/c1-3-4-9-17(2)22(25)12-11-20-21-15-18(10-7-5-6-8-13-24)14-19(21)16-23(20)26/h10-12,17,19-23,25-26H,5-9,13-16,24H2,1-2H3/t17-,19+,20-,21+,22-,23-/m1/s1. The first-order chi connectivity index (χ1) is 12.6. The molecule has 0 radical (unpaired) electrons. The molecule has 2 fully saturated rings. The van der Waals surface area contributed by atoms with Crippen LogP contribution in [0.2, 0.25) is 0 Å². The highest BCUT2D eigenvalue weighted by Gasteiger charge is 2.44. The van der Waals surface area contributed by atoms with Gasteiger partial charge in [0.2, 0.25) is 0 Å². The van der Waals surface area contributed by atoms with E-state index in [1.807, 2.05) is 19.9 Å². The Bertz CT molecular complexity index is 542. The second-order valence-corrected chi connectivity index (χ2v) is 8.20. The van der Waals surface area contributed by atoms with Gasteiger partial charge in [-0.1, -0.05) is 37.1 Å². The molecule has 0 unspecified atom stereocenters. The summed E-state index contributed by atoms with van der Waals surface area (Å²) in [5.74, 6) is 7.37. The first-order valence-corrected chi connectivity index (χ1v) is 10.4. The maximum Gasteiger partial charge on any atom is 0.0755 e. The Balaban J connectivity index is 1.87. The van der Waals surface area contributed by atoms with Crippen LogP contribution in [0.3, 0.4) is 0 Å². The van der Waals surface area contributed by atoms with Crippen LogP contribution in [0.5, 0.6) is 0 Å². The van der Waals surface area contributed by atoms with Crippen LogP contribution in [-0.4, -0.2) is 29.0 Å². The molecule has 3 nitrogen and oxygen atoms in total. The van der Waals surface area contributed by atoms with Gasteiger partial charge in [-0.2, -0.15) is 0 Å². The minimum Gasteiger partial charge on any atom is -0.392 e. The summed E-state index contributed by atoms with van der Waals surface area (Å²) in [7, 11) is 0. The van der Waals surface area contributed by atoms with E-state index in [0.717, 1.165) is 38.6 Å². The first kappa shape index (κ1) is 21.2. The zero-order chi connectivity index (χ0) is 18.9. The normalized spacial score (nSPS) is 31.8. The maximum absolute atomic E-state index is 10.5. The molecule has 4 N–H and O–H groups in total. The molecule has 3 heteroatoms. The number of aliphatic hydroxyl groups is 2. The van der Waals surface area contributed by atoms with Gasteiger partial charge in [-0.05, 0) is 69.7 Å². The number of fused-ring (bicyclic) bond motifs is 1. The van der Waals surface area contributed by atoms with E-state index < -0.39 is 6.10 Å². The van der Waals surface area contributed by atoms with E-state index in [2.05, 4.69) is 24.0 Å². The largest absolute Gasteiger partial charge is 0.392 e. The molecule has 0 aliphatic heterocycles. The van der Waals surface area contributed by atoms with Crippen LogP contribution in [-0.2, 0) is 0 Å². The molecule has 146 valence electrons. The fraction of sp³-hybridized carbons (Fsp3) is 0.739. The highest BCUT2D eigenvalue weighted by Crippen LogP contribution is 2.50. The summed E-state index contributed by atoms with van der Waals surface area (Å²) in [6, 6.07) is 0. The zero-order valence-electron chi connectivity index (χ0n) is 16.5. The van der Waals surface area contributed by atoms with Crippen LogP contribution in [0.1, 0.15) is 65.2 Å². The van der Waals surface area contributed by atoms with Crippen LogP contribution in [0.25, 0.3) is 0 Å². The molecule has 0 aromatic rings. The predicted octanol–water partition coefficient (Wildman–Crippen LogP) is 3.81. The van der Waals surface area contributed by atoms with Crippen molar-refractivity contribution in [3.05, 3.63) is 23.8 Å². The lowest BCUT2D eigenvalue weighted by Gasteiger charge is -2.19. The zero-order valence-corrected chi connectivity index (χ0v) is 16.5. The Morgan fingerprint density at radius 3 is 2.81 bits per heavy atom. The fourth-order valence-electron chi connectivity index (χ4n) is 4.53. The molecule has 26 heavy (non-hydrogen) atoms. The molecular formula is C23H37NO2. The van der Waals surface area contributed by atoms with Gasteiger partial charge >= 0.3 is 0 Å². The van der Waals surface area contributed by atoms with Gasteiger partial charge in [-0.3, -0.25) is 0 Å². The minimum absolute atomic E-state index is 0.126. The van der Waals surface area contributed by atoms with Crippen molar-refractivity contribution in [3.63, 3.8) is 0 Å². The molecule has 2 aliphatic carbocycles. The highest BCUT2D eigenvalue weighted by atomic mass is 16.3. The molecule has 2 rings (SSSR count). The van der Waals surface area contributed by atoms with Gasteiger partial charge in [-0.15, -0.1) is 11.8 Å². The van der Waals surface area contributed by atoms with Gasteiger partial charge in [0.1, 0.15) is 0 Å². The van der Waals surface area contributed by atoms with Gasteiger partial charge in [0.15, 0.2) is 0 Å². The number of hydrogen-bond donors (Lipinski definition) is 3. The summed E-state index contributed by atoms with van der Waals surface area (Å²) in [6.07, 6.45) is 14.3. The van der Waals surface area contributed by atoms with Crippen molar-refractivity contribution in [2.24, 2.45) is 29.4 Å². The Morgan fingerprint density at radius 1 is 1.27 bits per heavy atom. The van der Waals surface area contributed by atoms with E-state index in [-0.39, 0.29) is 17.9 Å². The first-order valence-electron chi connectivity index (χ1n) is 10.4. The van der Waals surface area contributed by atoms with Crippen LogP contribution in [0, 0.1) is 35.5 Å². The van der Waals surface area contributed by atoms with Crippen molar-refractivity contribution in [2.75, 3.05) is 6.54 Å². The van der Waals surface area contributed by atoms with E-state index in [1.54, 1.807) is 5.57 Å². The highest BCUT2D eigenvalue weighted by molar-refractivity contribution is 5.18. The number of rotatable bonds is 9. The van der Waals surface area contributed by atoms with Gasteiger partial charge in [0.25, 0.3) is 0 Å². The lowest BCUT2D eigenvalue weighted by molar-refractivity contribution is 0.137. The van der Waals surface area contributed by atoms with E-state index in [4.69, 9.17) is 5.73 Å². The molecule has 2 aliphatic rings. The van der Waals surface area contributed by atoms with Crippen LogP contribution in [0.4, 0.5) is 0 Å². The second-order valence-electron chi connectivity index (χ2n) is 8.20. The van der Waals surface area contributed by atoms with Crippen molar-refractivity contribution in [2.45, 2.75) is 77.4 Å². The fourth-order valence-corrected chi connectivity index (χ4v) is 4.53. The van der Waals surface area contributed by atoms with Crippen LogP contribution >= 0.6 is 0 Å². The molecule has 0 aromatic heterocycles. The second kappa shape index (κ2) is 10.9. The third-order valence-electron chi connectivity index (χ3n) is 6.17. The minimum atomic E-state index is -0.485. The summed E-state index contributed by atoms with van der Waals surface area (Å²) in [4.78, 5) is 0. The molecule has 0 amide bonds. The van der Waals surface area contributed by atoms with Crippen molar-refractivity contribution < 1.29 is 10.2 Å². The lowest BCUT2D eigenvalue weighted by Crippen LogP contribution is -2.19. The molecule has 0 bridgehead atoms. The Labute approximate surface area is 159 Å². The van der Waals surface area contributed by atoms with Crippen molar-refractivity contribution in [1.29, 1.82) is 0 Å². The summed E-state index contributed by atoms with van der Waals surface area (Å²) in [5, 5.41) is 20.8. The van der Waals surface area contributed by atoms with Gasteiger partial charge in [-0.25, -0.2) is 0 Å². The number of allylic oxidation sites excluding steroid dienone is 2. The molecule has 2 saturated carbocycles. The van der Waals surface area contributed by atoms with Crippen LogP contribution < -0.4 is 5.73 Å². The molecule has 6 atom stereocenters. The van der Waals surface area contributed by atoms with Crippen molar-refractivity contribution >= 4 is 0 Å². The molecule has 0 aromatic carbocycles. The molecule has 0 spiro atoms. The molecule has 0 saturated heterocycles. The third-order valence-corrected chi connectivity index (χ3v) is 6.17. The monoisotopic (exact) mass is 359 g/mol. The Kier molecular flexibility index (Phi) is 8.91. The SMILES string of the molecule is CC#CC[C@@H](C)[C@H](O)C=C[C@@H]1[C@H]2CC(=CCCCCCN)C[C@H]2C[C@H]1O. The van der Waals surface area contributed by atoms with E-state index >= 15 is 0 Å². The smallest absolute Gasteiger partial charge is 0.0755 e. The van der Waals surface area contributed by atoms with Gasteiger partial charge < -0.3 is 15.9 Å². The average molecular weight is 360 g/mol.